The van der Waals surface area contributed by atoms with Crippen molar-refractivity contribution >= 4 is 18.5 Å². The number of methoxy groups -OCH3 is 1. The fourth-order valence-corrected chi connectivity index (χ4v) is 3.11. The number of halogens is 2. The SMILES string of the molecule is CC(C)(C)OC=O.COc1cc(N=CN(C)C)c(C#N)cc1OC1CCN(C(C)(C)C)CC1(F)F. The minimum absolute atomic E-state index is 0.122. The van der Waals surface area contributed by atoms with Gasteiger partial charge in [0.15, 0.2) is 17.6 Å². The summed E-state index contributed by atoms with van der Waals surface area (Å²) in [5, 5.41) is 9.42. The van der Waals surface area contributed by atoms with Crippen LogP contribution in [0.2, 0.25) is 0 Å². The Morgan fingerprint density at radius 2 is 1.83 bits per heavy atom. The number of piperidine rings is 1. The van der Waals surface area contributed by atoms with Crippen molar-refractivity contribution in [1.29, 1.82) is 5.26 Å². The third kappa shape index (κ3) is 9.68. The molecule has 1 atom stereocenters. The molecule has 0 spiro atoms. The number of benzene rings is 1. The van der Waals surface area contributed by atoms with Crippen LogP contribution in [-0.2, 0) is 9.53 Å². The van der Waals surface area contributed by atoms with E-state index < -0.39 is 12.0 Å². The maximum absolute atomic E-state index is 14.7. The summed E-state index contributed by atoms with van der Waals surface area (Å²) in [5.41, 5.74) is -0.0486. The van der Waals surface area contributed by atoms with Crippen LogP contribution in [0.5, 0.6) is 11.5 Å². The van der Waals surface area contributed by atoms with E-state index in [4.69, 9.17) is 9.47 Å². The van der Waals surface area contributed by atoms with E-state index in [0.29, 0.717) is 18.7 Å². The zero-order valence-corrected chi connectivity index (χ0v) is 22.2. The minimum atomic E-state index is -3.02. The summed E-state index contributed by atoms with van der Waals surface area (Å²) in [7, 11) is 5.03. The Balaban J connectivity index is 0.000000762. The predicted octanol–water partition coefficient (Wildman–Crippen LogP) is 4.63. The van der Waals surface area contributed by atoms with E-state index >= 15 is 0 Å². The summed E-state index contributed by atoms with van der Waals surface area (Å²) in [6.07, 6.45) is 0.435. The molecule has 1 fully saturated rings. The molecule has 1 aromatic rings. The van der Waals surface area contributed by atoms with Gasteiger partial charge in [0.2, 0.25) is 0 Å². The van der Waals surface area contributed by atoms with E-state index in [2.05, 4.69) is 9.73 Å². The highest BCUT2D eigenvalue weighted by Crippen LogP contribution is 2.39. The second-order valence-corrected chi connectivity index (χ2v) is 10.4. The summed E-state index contributed by atoms with van der Waals surface area (Å²) in [6, 6.07) is 4.97. The van der Waals surface area contributed by atoms with Gasteiger partial charge in [-0.25, -0.2) is 13.8 Å². The number of nitriles is 1. The number of rotatable bonds is 6. The van der Waals surface area contributed by atoms with Crippen molar-refractivity contribution in [3.8, 4) is 17.6 Å². The molecule has 0 aromatic heterocycles. The summed E-state index contributed by atoms with van der Waals surface area (Å²) in [6.45, 7) is 11.8. The molecule has 35 heavy (non-hydrogen) atoms. The van der Waals surface area contributed by atoms with Crippen molar-refractivity contribution in [3.63, 3.8) is 0 Å². The third-order valence-electron chi connectivity index (χ3n) is 4.98. The molecule has 2 rings (SSSR count). The first kappa shape index (κ1) is 30.1. The van der Waals surface area contributed by atoms with Gasteiger partial charge in [0.25, 0.3) is 12.4 Å². The first-order valence-electron chi connectivity index (χ1n) is 11.3. The molecule has 8 nitrogen and oxygen atoms in total. The van der Waals surface area contributed by atoms with Crippen LogP contribution in [0.15, 0.2) is 17.1 Å². The van der Waals surface area contributed by atoms with Gasteiger partial charge in [-0.15, -0.1) is 0 Å². The molecule has 1 aliphatic rings. The summed E-state index contributed by atoms with van der Waals surface area (Å²) < 4.78 is 45.0. The lowest BCUT2D eigenvalue weighted by molar-refractivity contribution is -0.153. The molecule has 1 unspecified atom stereocenters. The Kier molecular flexibility index (Phi) is 10.5. The van der Waals surface area contributed by atoms with Crippen molar-refractivity contribution < 1.29 is 27.8 Å². The maximum Gasteiger partial charge on any atom is 0.296 e. The number of hydrogen-bond donors (Lipinski definition) is 0. The van der Waals surface area contributed by atoms with Crippen LogP contribution in [0.1, 0.15) is 53.5 Å². The van der Waals surface area contributed by atoms with Gasteiger partial charge in [-0.3, -0.25) is 9.69 Å². The van der Waals surface area contributed by atoms with E-state index in [9.17, 15) is 18.8 Å². The number of alkyl halides is 2. The maximum atomic E-state index is 14.7. The molecule has 0 saturated carbocycles. The Morgan fingerprint density at radius 3 is 2.23 bits per heavy atom. The van der Waals surface area contributed by atoms with Crippen molar-refractivity contribution in [3.05, 3.63) is 17.7 Å². The zero-order chi connectivity index (χ0) is 27.0. The van der Waals surface area contributed by atoms with E-state index in [1.54, 1.807) is 30.2 Å². The lowest BCUT2D eigenvalue weighted by atomic mass is 9.97. The number of ether oxygens (including phenoxy) is 3. The van der Waals surface area contributed by atoms with Crippen molar-refractivity contribution in [2.45, 2.75) is 71.1 Å². The molecular weight excluding hydrogens is 458 g/mol. The smallest absolute Gasteiger partial charge is 0.296 e. The van der Waals surface area contributed by atoms with Crippen LogP contribution in [0.25, 0.3) is 0 Å². The Bertz CT molecular complexity index is 916. The molecule has 0 N–H and O–H groups in total. The molecule has 10 heteroatoms. The summed E-state index contributed by atoms with van der Waals surface area (Å²) >= 11 is 0. The van der Waals surface area contributed by atoms with Crippen LogP contribution < -0.4 is 9.47 Å². The molecule has 0 amide bonds. The lowest BCUT2D eigenvalue weighted by Crippen LogP contribution is -2.58. The van der Waals surface area contributed by atoms with E-state index in [-0.39, 0.29) is 41.2 Å². The monoisotopic (exact) mass is 496 g/mol. The second kappa shape index (κ2) is 12.2. The average molecular weight is 497 g/mol. The van der Waals surface area contributed by atoms with Crippen molar-refractivity contribution in [2.24, 2.45) is 4.99 Å². The highest BCUT2D eigenvalue weighted by molar-refractivity contribution is 5.68. The van der Waals surface area contributed by atoms with Gasteiger partial charge in [0.1, 0.15) is 11.7 Å². The second-order valence-electron chi connectivity index (χ2n) is 10.4. The highest BCUT2D eigenvalue weighted by atomic mass is 19.3. The molecule has 0 bridgehead atoms. The molecule has 1 aliphatic heterocycles. The van der Waals surface area contributed by atoms with Gasteiger partial charge < -0.3 is 19.1 Å². The summed E-state index contributed by atoms with van der Waals surface area (Å²) in [4.78, 5) is 17.3. The standard InChI is InChI=1S/C20H28F2N4O2.C5H10O2/c1-19(2,3)26-8-7-18(20(21,22)12-26)28-17-9-14(11-23)15(10-16(17)27-6)24-13-25(4)5;1-5(2,3)7-4-6/h9-10,13,18H,7-8,12H2,1-6H3;4H,1-3H3. The zero-order valence-electron chi connectivity index (χ0n) is 22.2. The molecule has 0 aliphatic carbocycles. The van der Waals surface area contributed by atoms with Gasteiger partial charge in [0, 0.05) is 44.7 Å². The number of aliphatic imine (C=N–C) groups is 1. The average Bonchev–Trinajstić information content (AvgIpc) is 2.72. The fraction of sp³-hybridized carbons (Fsp3) is 0.640. The van der Waals surface area contributed by atoms with Gasteiger partial charge in [-0.1, -0.05) is 0 Å². The Labute approximate surface area is 207 Å². The fourth-order valence-electron chi connectivity index (χ4n) is 3.11. The lowest BCUT2D eigenvalue weighted by Gasteiger charge is -2.44. The molecule has 1 heterocycles. The topological polar surface area (TPSA) is 87.4 Å². The molecule has 196 valence electrons. The van der Waals surface area contributed by atoms with Crippen LogP contribution in [0.4, 0.5) is 14.5 Å². The molecule has 0 radical (unpaired) electrons. The van der Waals surface area contributed by atoms with Crippen LogP contribution in [0, 0.1) is 11.3 Å². The summed E-state index contributed by atoms with van der Waals surface area (Å²) in [5.74, 6) is -2.64. The molecule has 1 saturated heterocycles. The minimum Gasteiger partial charge on any atom is -0.493 e. The largest absolute Gasteiger partial charge is 0.493 e. The van der Waals surface area contributed by atoms with Crippen LogP contribution in [-0.4, -0.2) is 80.1 Å². The normalized spacial score (nSPS) is 18.2. The Morgan fingerprint density at radius 1 is 1.20 bits per heavy atom. The first-order chi connectivity index (χ1) is 16.0. The van der Waals surface area contributed by atoms with E-state index in [0.717, 1.165) is 0 Å². The number of nitrogens with zero attached hydrogens (tertiary/aromatic N) is 4. The predicted molar refractivity (Wildman–Crippen MR) is 132 cm³/mol. The number of hydrogen-bond acceptors (Lipinski definition) is 7. The van der Waals surface area contributed by atoms with Crippen molar-refractivity contribution in [1.82, 2.24) is 9.80 Å². The van der Waals surface area contributed by atoms with Gasteiger partial charge in [-0.2, -0.15) is 5.26 Å². The first-order valence-corrected chi connectivity index (χ1v) is 11.3. The Hall–Kier alpha value is -2.93. The van der Waals surface area contributed by atoms with Gasteiger partial charge >= 0.3 is 0 Å². The van der Waals surface area contributed by atoms with Gasteiger partial charge in [-0.05, 0) is 41.5 Å². The van der Waals surface area contributed by atoms with E-state index in [1.807, 2.05) is 47.6 Å². The van der Waals surface area contributed by atoms with Gasteiger partial charge in [0.05, 0.1) is 31.2 Å². The number of carbonyl (C=O) groups excluding carboxylic acids is 1. The molecular formula is C25H38F2N4O4. The number of likely N-dealkylation sites (tertiary alicyclic amines) is 1. The molecule has 1 aromatic carbocycles. The van der Waals surface area contributed by atoms with Crippen LogP contribution >= 0.6 is 0 Å². The quantitative estimate of drug-likeness (QED) is 0.322. The third-order valence-corrected chi connectivity index (χ3v) is 4.98. The number of carbonyl (C=O) groups is 1. The highest BCUT2D eigenvalue weighted by Gasteiger charge is 2.48. The van der Waals surface area contributed by atoms with E-state index in [1.165, 1.54) is 19.2 Å². The van der Waals surface area contributed by atoms with Crippen molar-refractivity contribution in [2.75, 3.05) is 34.3 Å². The van der Waals surface area contributed by atoms with Crippen LogP contribution in [0.3, 0.4) is 0 Å².